The highest BCUT2D eigenvalue weighted by atomic mass is 79.9. The van der Waals surface area contributed by atoms with Gasteiger partial charge >= 0.3 is 0 Å². The molecule has 104 valence electrons. The van der Waals surface area contributed by atoms with Gasteiger partial charge in [-0.2, -0.15) is 0 Å². The predicted octanol–water partition coefficient (Wildman–Crippen LogP) is 5.11. The van der Waals surface area contributed by atoms with Crippen molar-refractivity contribution in [3.05, 3.63) is 62.3 Å². The van der Waals surface area contributed by atoms with Crippen molar-refractivity contribution >= 4 is 39.1 Å². The van der Waals surface area contributed by atoms with E-state index in [-0.39, 0.29) is 10.6 Å². The molecule has 2 nitrogen and oxygen atoms in total. The third-order valence-electron chi connectivity index (χ3n) is 2.93. The zero-order chi connectivity index (χ0) is 14.9. The van der Waals surface area contributed by atoms with E-state index >= 15 is 0 Å². The van der Waals surface area contributed by atoms with E-state index in [9.17, 15) is 9.18 Å². The van der Waals surface area contributed by atoms with E-state index in [1.54, 1.807) is 6.07 Å². The standard InChI is InChI=1S/C15H12BrClFNO/c1-8-6-10(16)7-9(2)14(8)19-15(20)11-4-3-5-12(17)13(11)18/h3-7H,1-2H3,(H,19,20). The van der Waals surface area contributed by atoms with Gasteiger partial charge < -0.3 is 5.32 Å². The molecule has 0 spiro atoms. The van der Waals surface area contributed by atoms with E-state index in [4.69, 9.17) is 11.6 Å². The maximum Gasteiger partial charge on any atom is 0.258 e. The maximum absolute atomic E-state index is 13.8. The molecule has 0 heterocycles. The van der Waals surface area contributed by atoms with E-state index in [2.05, 4.69) is 21.2 Å². The topological polar surface area (TPSA) is 29.1 Å². The fourth-order valence-corrected chi connectivity index (χ4v) is 2.83. The van der Waals surface area contributed by atoms with Crippen LogP contribution in [0.3, 0.4) is 0 Å². The predicted molar refractivity (Wildman–Crippen MR) is 83.0 cm³/mol. The SMILES string of the molecule is Cc1cc(Br)cc(C)c1NC(=O)c1cccc(Cl)c1F. The van der Waals surface area contributed by atoms with Gasteiger partial charge in [-0.1, -0.05) is 33.6 Å². The average molecular weight is 357 g/mol. The van der Waals surface area contributed by atoms with Crippen LogP contribution in [0.15, 0.2) is 34.8 Å². The molecule has 0 unspecified atom stereocenters. The van der Waals surface area contributed by atoms with Gasteiger partial charge in [0.15, 0.2) is 5.82 Å². The summed E-state index contributed by atoms with van der Waals surface area (Å²) in [4.78, 5) is 12.2. The van der Waals surface area contributed by atoms with Gasteiger partial charge in [-0.3, -0.25) is 4.79 Å². The largest absolute Gasteiger partial charge is 0.321 e. The second-order valence-electron chi connectivity index (χ2n) is 4.47. The monoisotopic (exact) mass is 355 g/mol. The molecule has 0 aromatic heterocycles. The number of amides is 1. The van der Waals surface area contributed by atoms with E-state index in [0.29, 0.717) is 5.69 Å². The van der Waals surface area contributed by atoms with Crippen LogP contribution in [0.1, 0.15) is 21.5 Å². The Morgan fingerprint density at radius 1 is 1.25 bits per heavy atom. The van der Waals surface area contributed by atoms with Gasteiger partial charge in [0.05, 0.1) is 10.6 Å². The second kappa shape index (κ2) is 5.94. The van der Waals surface area contributed by atoms with E-state index in [1.165, 1.54) is 12.1 Å². The molecule has 0 atom stereocenters. The van der Waals surface area contributed by atoms with Gasteiger partial charge in [-0.05, 0) is 49.2 Å². The Hall–Kier alpha value is -1.39. The minimum absolute atomic E-state index is 0.0677. The first-order valence-corrected chi connectivity index (χ1v) is 7.09. The lowest BCUT2D eigenvalue weighted by atomic mass is 10.1. The molecular weight excluding hydrogens is 345 g/mol. The summed E-state index contributed by atoms with van der Waals surface area (Å²) in [5.41, 5.74) is 2.40. The molecule has 0 fully saturated rings. The minimum atomic E-state index is -0.709. The van der Waals surface area contributed by atoms with Crippen LogP contribution < -0.4 is 5.32 Å². The summed E-state index contributed by atoms with van der Waals surface area (Å²) in [6.07, 6.45) is 0. The molecule has 20 heavy (non-hydrogen) atoms. The van der Waals surface area contributed by atoms with Crippen molar-refractivity contribution in [2.75, 3.05) is 5.32 Å². The third-order valence-corrected chi connectivity index (χ3v) is 3.68. The Bertz CT molecular complexity index is 665. The van der Waals surface area contributed by atoms with E-state index < -0.39 is 11.7 Å². The van der Waals surface area contributed by atoms with Crippen LogP contribution in [-0.4, -0.2) is 5.91 Å². The number of nitrogens with one attached hydrogen (secondary N) is 1. The van der Waals surface area contributed by atoms with E-state index in [0.717, 1.165) is 15.6 Å². The van der Waals surface area contributed by atoms with Gasteiger partial charge in [0, 0.05) is 10.2 Å². The number of halogens is 3. The maximum atomic E-state index is 13.8. The first-order chi connectivity index (χ1) is 9.40. The molecule has 0 aliphatic rings. The molecule has 1 amide bonds. The number of rotatable bonds is 2. The minimum Gasteiger partial charge on any atom is -0.321 e. The molecular formula is C15H12BrClFNO. The van der Waals surface area contributed by atoms with Crippen molar-refractivity contribution in [3.8, 4) is 0 Å². The lowest BCUT2D eigenvalue weighted by Crippen LogP contribution is -2.15. The Morgan fingerprint density at radius 2 is 1.85 bits per heavy atom. The molecule has 2 rings (SSSR count). The Balaban J connectivity index is 2.36. The van der Waals surface area contributed by atoms with Crippen LogP contribution in [-0.2, 0) is 0 Å². The Morgan fingerprint density at radius 3 is 2.45 bits per heavy atom. The first-order valence-electron chi connectivity index (χ1n) is 5.92. The molecule has 5 heteroatoms. The summed E-state index contributed by atoms with van der Waals surface area (Å²) >= 11 is 9.07. The van der Waals surface area contributed by atoms with Gasteiger partial charge in [0.1, 0.15) is 0 Å². The van der Waals surface area contributed by atoms with Crippen molar-refractivity contribution < 1.29 is 9.18 Å². The lowest BCUT2D eigenvalue weighted by Gasteiger charge is -2.13. The zero-order valence-electron chi connectivity index (χ0n) is 10.9. The van der Waals surface area contributed by atoms with Gasteiger partial charge in [-0.25, -0.2) is 4.39 Å². The van der Waals surface area contributed by atoms with Crippen molar-refractivity contribution in [2.24, 2.45) is 0 Å². The van der Waals surface area contributed by atoms with Crippen LogP contribution in [0.2, 0.25) is 5.02 Å². The molecule has 0 aliphatic heterocycles. The number of hydrogen-bond donors (Lipinski definition) is 1. The molecule has 0 aliphatic carbocycles. The molecule has 0 saturated heterocycles. The highest BCUT2D eigenvalue weighted by Gasteiger charge is 2.16. The van der Waals surface area contributed by atoms with Gasteiger partial charge in [0.2, 0.25) is 0 Å². The third kappa shape index (κ3) is 3.02. The van der Waals surface area contributed by atoms with Crippen LogP contribution in [0.25, 0.3) is 0 Å². The van der Waals surface area contributed by atoms with E-state index in [1.807, 2.05) is 26.0 Å². The van der Waals surface area contributed by atoms with Crippen molar-refractivity contribution in [2.45, 2.75) is 13.8 Å². The zero-order valence-corrected chi connectivity index (χ0v) is 13.3. The van der Waals surface area contributed by atoms with Crippen molar-refractivity contribution in [1.82, 2.24) is 0 Å². The summed E-state index contributed by atoms with van der Waals surface area (Å²) in [7, 11) is 0. The van der Waals surface area contributed by atoms with Crippen molar-refractivity contribution in [3.63, 3.8) is 0 Å². The summed E-state index contributed by atoms with van der Waals surface area (Å²) in [6, 6.07) is 8.12. The lowest BCUT2D eigenvalue weighted by molar-refractivity contribution is 0.102. The number of benzene rings is 2. The number of carbonyl (C=O) groups is 1. The highest BCUT2D eigenvalue weighted by molar-refractivity contribution is 9.10. The van der Waals surface area contributed by atoms with Gasteiger partial charge in [0.25, 0.3) is 5.91 Å². The highest BCUT2D eigenvalue weighted by Crippen LogP contribution is 2.26. The van der Waals surface area contributed by atoms with Crippen LogP contribution >= 0.6 is 27.5 Å². The molecule has 2 aromatic carbocycles. The molecule has 1 N–H and O–H groups in total. The quantitative estimate of drug-likeness (QED) is 0.796. The number of anilines is 1. The first kappa shape index (κ1) is 15.0. The van der Waals surface area contributed by atoms with Crippen LogP contribution in [0.4, 0.5) is 10.1 Å². The summed E-state index contributed by atoms with van der Waals surface area (Å²) < 4.78 is 14.7. The molecule has 2 aromatic rings. The van der Waals surface area contributed by atoms with Crippen molar-refractivity contribution in [1.29, 1.82) is 0 Å². The second-order valence-corrected chi connectivity index (χ2v) is 5.79. The normalized spacial score (nSPS) is 10.4. The van der Waals surface area contributed by atoms with Crippen LogP contribution in [0, 0.1) is 19.7 Å². The summed E-state index contributed by atoms with van der Waals surface area (Å²) in [6.45, 7) is 3.75. The fourth-order valence-electron chi connectivity index (χ4n) is 1.97. The number of aryl methyl sites for hydroxylation is 2. The molecule has 0 saturated carbocycles. The Labute approximate surface area is 130 Å². The molecule has 0 radical (unpaired) electrons. The summed E-state index contributed by atoms with van der Waals surface area (Å²) in [5.74, 6) is -1.22. The van der Waals surface area contributed by atoms with Crippen LogP contribution in [0.5, 0.6) is 0 Å². The number of carbonyl (C=O) groups excluding carboxylic acids is 1. The summed E-state index contributed by atoms with van der Waals surface area (Å²) in [5, 5.41) is 2.66. The Kier molecular flexibility index (Phi) is 4.45. The fraction of sp³-hybridized carbons (Fsp3) is 0.133. The smallest absolute Gasteiger partial charge is 0.258 e. The number of hydrogen-bond acceptors (Lipinski definition) is 1. The molecule has 0 bridgehead atoms. The average Bonchev–Trinajstić information content (AvgIpc) is 2.36. The van der Waals surface area contributed by atoms with Gasteiger partial charge in [-0.15, -0.1) is 0 Å².